The molecule has 9 heteroatoms. The molecule has 0 bridgehead atoms. The molecule has 2 N–H and O–H groups in total. The molecule has 0 saturated carbocycles. The average Bonchev–Trinajstić information content (AvgIpc) is 3.45. The highest BCUT2D eigenvalue weighted by atomic mass is 16.5. The summed E-state index contributed by atoms with van der Waals surface area (Å²) in [5.41, 5.74) is 0.730. The zero-order valence-electron chi connectivity index (χ0n) is 26.5. The number of methoxy groups -OCH3 is 2. The van der Waals surface area contributed by atoms with Gasteiger partial charge in [-0.3, -0.25) is 14.4 Å². The van der Waals surface area contributed by atoms with E-state index in [-0.39, 0.29) is 48.1 Å². The summed E-state index contributed by atoms with van der Waals surface area (Å²) in [6, 6.07) is 8.21. The van der Waals surface area contributed by atoms with Crippen LogP contribution in [0.15, 0.2) is 30.3 Å². The van der Waals surface area contributed by atoms with Gasteiger partial charge in [-0.05, 0) is 31.2 Å². The van der Waals surface area contributed by atoms with E-state index in [4.69, 9.17) is 9.47 Å². The highest BCUT2D eigenvalue weighted by molar-refractivity contribution is 5.81. The Labute approximate surface area is 246 Å². The summed E-state index contributed by atoms with van der Waals surface area (Å²) in [6.07, 6.45) is 0.690. The third kappa shape index (κ3) is 8.75. The Morgan fingerprint density at radius 1 is 1.07 bits per heavy atom. The van der Waals surface area contributed by atoms with Crippen LogP contribution in [-0.4, -0.2) is 90.8 Å². The molecule has 2 rings (SSSR count). The minimum Gasteiger partial charge on any atom is -0.386 e. The van der Waals surface area contributed by atoms with Crippen LogP contribution in [0.25, 0.3) is 0 Å². The summed E-state index contributed by atoms with van der Waals surface area (Å²) in [5, 5.41) is 13.7. The average molecular weight is 576 g/mol. The Hall–Kier alpha value is -2.49. The second-order valence-corrected chi connectivity index (χ2v) is 11.9. The molecule has 41 heavy (non-hydrogen) atoms. The van der Waals surface area contributed by atoms with Gasteiger partial charge >= 0.3 is 0 Å². The minimum atomic E-state index is -0.844. The highest BCUT2D eigenvalue weighted by Crippen LogP contribution is 2.30. The highest BCUT2D eigenvalue weighted by Gasteiger charge is 2.42. The van der Waals surface area contributed by atoms with E-state index >= 15 is 0 Å². The van der Waals surface area contributed by atoms with Crippen LogP contribution in [0.4, 0.5) is 0 Å². The molecule has 0 spiro atoms. The first-order chi connectivity index (χ1) is 19.4. The molecule has 8 atom stereocenters. The number of hydrogen-bond acceptors (Lipinski definition) is 6. The topological polar surface area (TPSA) is 108 Å². The fraction of sp³-hybridized carbons (Fsp3) is 0.719. The fourth-order valence-corrected chi connectivity index (χ4v) is 6.09. The summed E-state index contributed by atoms with van der Waals surface area (Å²) in [7, 11) is 4.96. The number of nitrogens with one attached hydrogen (secondary N) is 1. The number of amides is 3. The number of carbonyl (C=O) groups excluding carboxylic acids is 3. The van der Waals surface area contributed by atoms with Crippen LogP contribution in [0.5, 0.6) is 0 Å². The third-order valence-corrected chi connectivity index (χ3v) is 8.74. The Kier molecular flexibility index (Phi) is 13.7. The lowest BCUT2D eigenvalue weighted by atomic mass is 9.89. The van der Waals surface area contributed by atoms with E-state index in [9.17, 15) is 19.5 Å². The zero-order valence-corrected chi connectivity index (χ0v) is 26.5. The molecule has 1 aromatic carbocycles. The van der Waals surface area contributed by atoms with Crippen molar-refractivity contribution in [1.29, 1.82) is 0 Å². The van der Waals surface area contributed by atoms with Crippen molar-refractivity contribution in [2.75, 3.05) is 27.8 Å². The van der Waals surface area contributed by atoms with Crippen molar-refractivity contribution in [3.05, 3.63) is 35.9 Å². The molecule has 0 aromatic heterocycles. The van der Waals surface area contributed by atoms with E-state index in [0.717, 1.165) is 24.8 Å². The lowest BCUT2D eigenvalue weighted by Gasteiger charge is -2.40. The van der Waals surface area contributed by atoms with Crippen molar-refractivity contribution in [3.63, 3.8) is 0 Å². The maximum Gasteiger partial charge on any atom is 0.225 e. The number of rotatable bonds is 15. The van der Waals surface area contributed by atoms with E-state index < -0.39 is 30.3 Å². The fourth-order valence-electron chi connectivity index (χ4n) is 6.09. The number of likely N-dealkylation sites (tertiary alicyclic amines) is 1. The van der Waals surface area contributed by atoms with E-state index in [1.54, 1.807) is 40.0 Å². The first kappa shape index (κ1) is 34.7. The SMILES string of the molecule is CC[C@H](C)[C@@H]([C@@H](CC(=O)N1CCC[C@H]1[C@H](OC)[C@@H](C)C(=O)N[C@H](C)[C@@H](O)c1ccccc1)OC)N(C)C(=O)C(C)C. The lowest BCUT2D eigenvalue weighted by Crippen LogP contribution is -2.54. The van der Waals surface area contributed by atoms with Crippen molar-refractivity contribution < 1.29 is 29.0 Å². The predicted molar refractivity (Wildman–Crippen MR) is 160 cm³/mol. The Morgan fingerprint density at radius 3 is 2.24 bits per heavy atom. The summed E-state index contributed by atoms with van der Waals surface area (Å²) >= 11 is 0. The van der Waals surface area contributed by atoms with Crippen molar-refractivity contribution in [1.82, 2.24) is 15.1 Å². The molecule has 1 aliphatic heterocycles. The van der Waals surface area contributed by atoms with Crippen molar-refractivity contribution >= 4 is 17.7 Å². The number of nitrogens with zero attached hydrogens (tertiary/aromatic N) is 2. The van der Waals surface area contributed by atoms with Gasteiger partial charge in [0.25, 0.3) is 0 Å². The molecular weight excluding hydrogens is 522 g/mol. The van der Waals surface area contributed by atoms with Gasteiger partial charge in [0.15, 0.2) is 0 Å². The lowest BCUT2D eigenvalue weighted by molar-refractivity contribution is -0.147. The number of aliphatic hydroxyl groups is 1. The van der Waals surface area contributed by atoms with Crippen LogP contribution >= 0.6 is 0 Å². The number of benzene rings is 1. The maximum atomic E-state index is 13.8. The summed E-state index contributed by atoms with van der Waals surface area (Å²) in [6.45, 7) is 12.1. The van der Waals surface area contributed by atoms with Crippen LogP contribution < -0.4 is 5.32 Å². The van der Waals surface area contributed by atoms with Crippen molar-refractivity contribution in [2.24, 2.45) is 17.8 Å². The Morgan fingerprint density at radius 2 is 1.71 bits per heavy atom. The van der Waals surface area contributed by atoms with Gasteiger partial charge in [-0.15, -0.1) is 0 Å². The smallest absolute Gasteiger partial charge is 0.225 e. The van der Waals surface area contributed by atoms with E-state index in [1.165, 1.54) is 0 Å². The number of likely N-dealkylation sites (N-methyl/N-ethyl adjacent to an activating group) is 1. The number of carbonyl (C=O) groups is 3. The van der Waals surface area contributed by atoms with Gasteiger partial charge in [0.2, 0.25) is 17.7 Å². The predicted octanol–water partition coefficient (Wildman–Crippen LogP) is 3.80. The minimum absolute atomic E-state index is 0.0229. The van der Waals surface area contributed by atoms with Crippen molar-refractivity contribution in [3.8, 4) is 0 Å². The van der Waals surface area contributed by atoms with Gasteiger partial charge in [-0.1, -0.05) is 71.4 Å². The molecule has 1 aliphatic rings. The standard InChI is InChI=1S/C32H53N3O6/c1-10-21(4)28(34(7)32(39)20(2)3)26(40-8)19-27(36)35-18-14-17-25(35)30(41-9)22(5)31(38)33-23(6)29(37)24-15-12-11-13-16-24/h11-13,15-16,20-23,25-26,28-30,37H,10,14,17-19H2,1-9H3,(H,33,38)/t21-,22+,23+,25-,26+,28-,29+,30+/m0/s1. The van der Waals surface area contributed by atoms with Crippen molar-refractivity contribution in [2.45, 2.75) is 104 Å². The van der Waals surface area contributed by atoms with Gasteiger partial charge in [-0.25, -0.2) is 0 Å². The Bertz CT molecular complexity index is 973. The summed E-state index contributed by atoms with van der Waals surface area (Å²) in [5.74, 6) is -0.855. The van der Waals surface area contributed by atoms with Gasteiger partial charge in [0, 0.05) is 33.7 Å². The molecule has 1 heterocycles. The monoisotopic (exact) mass is 575 g/mol. The second-order valence-electron chi connectivity index (χ2n) is 11.9. The number of ether oxygens (including phenoxy) is 2. The summed E-state index contributed by atoms with van der Waals surface area (Å²) in [4.78, 5) is 43.5. The van der Waals surface area contributed by atoms with Crippen LogP contribution in [0.1, 0.15) is 78.9 Å². The van der Waals surface area contributed by atoms with E-state index in [2.05, 4.69) is 19.2 Å². The van der Waals surface area contributed by atoms with Gasteiger partial charge in [0.05, 0.1) is 48.8 Å². The van der Waals surface area contributed by atoms with Crippen LogP contribution in [0, 0.1) is 17.8 Å². The first-order valence-corrected chi connectivity index (χ1v) is 15.0. The third-order valence-electron chi connectivity index (χ3n) is 8.74. The Balaban J connectivity index is 2.15. The zero-order chi connectivity index (χ0) is 30.9. The largest absolute Gasteiger partial charge is 0.386 e. The van der Waals surface area contributed by atoms with Crippen LogP contribution in [0.3, 0.4) is 0 Å². The number of aliphatic hydroxyl groups excluding tert-OH is 1. The normalized spacial score (nSPS) is 20.6. The van der Waals surface area contributed by atoms with Gasteiger partial charge in [-0.2, -0.15) is 0 Å². The molecule has 0 unspecified atom stereocenters. The molecule has 0 aliphatic carbocycles. The number of hydrogen-bond donors (Lipinski definition) is 2. The van der Waals surface area contributed by atoms with Crippen LogP contribution in [0.2, 0.25) is 0 Å². The first-order valence-electron chi connectivity index (χ1n) is 15.0. The molecule has 1 fully saturated rings. The van der Waals surface area contributed by atoms with E-state index in [0.29, 0.717) is 6.54 Å². The van der Waals surface area contributed by atoms with E-state index in [1.807, 2.05) is 49.1 Å². The van der Waals surface area contributed by atoms with Gasteiger partial charge < -0.3 is 29.7 Å². The molecule has 9 nitrogen and oxygen atoms in total. The molecular formula is C32H53N3O6. The molecule has 232 valence electrons. The molecule has 0 radical (unpaired) electrons. The molecule has 1 aromatic rings. The quantitative estimate of drug-likeness (QED) is 0.329. The van der Waals surface area contributed by atoms with Crippen LogP contribution in [-0.2, 0) is 23.9 Å². The molecule has 3 amide bonds. The van der Waals surface area contributed by atoms with Gasteiger partial charge in [0.1, 0.15) is 0 Å². The summed E-state index contributed by atoms with van der Waals surface area (Å²) < 4.78 is 11.7. The molecule has 1 saturated heterocycles. The maximum absolute atomic E-state index is 13.8. The second kappa shape index (κ2) is 16.2.